The van der Waals surface area contributed by atoms with Gasteiger partial charge in [0.05, 0.1) is 28.7 Å². The Morgan fingerprint density at radius 3 is 2.32 bits per heavy atom. The van der Waals surface area contributed by atoms with Gasteiger partial charge in [0, 0.05) is 55.7 Å². The van der Waals surface area contributed by atoms with Crippen LogP contribution in [0.15, 0.2) is 67.3 Å². The molecule has 1 fully saturated rings. The van der Waals surface area contributed by atoms with Crippen LogP contribution in [0.2, 0.25) is 0 Å². The summed E-state index contributed by atoms with van der Waals surface area (Å²) >= 11 is 0. The van der Waals surface area contributed by atoms with Gasteiger partial charge in [0.1, 0.15) is 0 Å². The third-order valence-electron chi connectivity index (χ3n) is 8.75. The van der Waals surface area contributed by atoms with E-state index < -0.39 is 45.7 Å². The molecule has 1 aromatic heterocycles. The zero-order valence-electron chi connectivity index (χ0n) is 23.4. The number of benzene rings is 2. The van der Waals surface area contributed by atoms with Crippen molar-refractivity contribution in [3.63, 3.8) is 0 Å². The average molecular weight is 565 g/mol. The van der Waals surface area contributed by atoms with Crippen molar-refractivity contribution in [2.45, 2.75) is 64.8 Å². The minimum atomic E-state index is -1.62. The van der Waals surface area contributed by atoms with Crippen LogP contribution in [-0.4, -0.2) is 55.3 Å². The minimum absolute atomic E-state index is 0.00429. The molecule has 2 heterocycles. The van der Waals surface area contributed by atoms with E-state index in [2.05, 4.69) is 10.3 Å². The molecule has 1 saturated heterocycles. The van der Waals surface area contributed by atoms with E-state index in [-0.39, 0.29) is 31.7 Å². The number of carboxylic acid groups (broad SMARTS) is 2. The predicted octanol–water partition coefficient (Wildman–Crippen LogP) is 4.46. The molecule has 5 atom stereocenters. The number of nitro benzene ring substituents is 1. The van der Waals surface area contributed by atoms with Gasteiger partial charge in [-0.15, -0.1) is 0 Å². The number of rotatable bonds is 12. The Bertz CT molecular complexity index is 1380. The van der Waals surface area contributed by atoms with Gasteiger partial charge in [-0.3, -0.25) is 19.7 Å². The van der Waals surface area contributed by atoms with Gasteiger partial charge in [-0.2, -0.15) is 0 Å². The monoisotopic (exact) mass is 564 g/mol. The van der Waals surface area contributed by atoms with Gasteiger partial charge in [0.15, 0.2) is 0 Å². The molecule has 2 aromatic carbocycles. The molecule has 0 amide bonds. The van der Waals surface area contributed by atoms with E-state index in [1.807, 2.05) is 35.0 Å². The maximum atomic E-state index is 13.2. The van der Waals surface area contributed by atoms with Crippen LogP contribution in [0.5, 0.6) is 0 Å². The van der Waals surface area contributed by atoms with Crippen LogP contribution in [0.25, 0.3) is 0 Å². The summed E-state index contributed by atoms with van der Waals surface area (Å²) < 4.78 is 7.93. The average Bonchev–Trinajstić information content (AvgIpc) is 3.45. The summed E-state index contributed by atoms with van der Waals surface area (Å²) in [5, 5.41) is 36.2. The lowest BCUT2D eigenvalue weighted by Gasteiger charge is -2.57. The number of carboxylic acids is 2. The highest BCUT2D eigenvalue weighted by atomic mass is 16.6. The summed E-state index contributed by atoms with van der Waals surface area (Å²) in [6, 6.07) is 12.3. The summed E-state index contributed by atoms with van der Waals surface area (Å²) in [5.74, 6) is -3.38. The summed E-state index contributed by atoms with van der Waals surface area (Å²) in [4.78, 5) is 41.3. The Hall–Kier alpha value is -4.09. The highest BCUT2D eigenvalue weighted by Gasteiger charge is 2.66. The van der Waals surface area contributed by atoms with Crippen LogP contribution in [-0.2, 0) is 27.5 Å². The number of imidazole rings is 1. The van der Waals surface area contributed by atoms with Crippen molar-refractivity contribution in [2.24, 2.45) is 10.8 Å². The van der Waals surface area contributed by atoms with E-state index in [1.165, 1.54) is 18.2 Å². The first-order valence-corrected chi connectivity index (χ1v) is 13.6. The van der Waals surface area contributed by atoms with E-state index >= 15 is 0 Å². The molecule has 41 heavy (non-hydrogen) atoms. The molecule has 1 aliphatic rings. The third-order valence-corrected chi connectivity index (χ3v) is 8.75. The van der Waals surface area contributed by atoms with Crippen LogP contribution in [0.1, 0.15) is 56.2 Å². The molecule has 11 nitrogen and oxygen atoms in total. The number of nitrogens with one attached hydrogen (secondary N) is 1. The molecule has 11 heteroatoms. The van der Waals surface area contributed by atoms with Crippen molar-refractivity contribution >= 4 is 17.6 Å². The van der Waals surface area contributed by atoms with Crippen LogP contribution >= 0.6 is 0 Å². The molecule has 1 aliphatic heterocycles. The smallest absolute Gasteiger partial charge is 0.311 e. The minimum Gasteiger partial charge on any atom is -0.481 e. The quantitative estimate of drug-likeness (QED) is 0.164. The van der Waals surface area contributed by atoms with E-state index in [4.69, 9.17) is 4.74 Å². The van der Waals surface area contributed by atoms with Gasteiger partial charge < -0.3 is 24.8 Å². The number of aromatic nitrogens is 2. The van der Waals surface area contributed by atoms with Gasteiger partial charge in [0.25, 0.3) is 5.69 Å². The maximum absolute atomic E-state index is 13.2. The maximum Gasteiger partial charge on any atom is 0.311 e. The molecule has 5 unspecified atom stereocenters. The number of non-ortho nitro benzene ring substituents is 1. The third kappa shape index (κ3) is 5.59. The molecular weight excluding hydrogens is 528 g/mol. The number of nitro groups is 1. The molecule has 0 spiro atoms. The summed E-state index contributed by atoms with van der Waals surface area (Å²) in [7, 11) is 0. The second kappa shape index (κ2) is 12.2. The largest absolute Gasteiger partial charge is 0.481 e. The number of hydrogen-bond acceptors (Lipinski definition) is 7. The topological polar surface area (TPSA) is 157 Å². The molecule has 0 bridgehead atoms. The Morgan fingerprint density at radius 2 is 1.73 bits per heavy atom. The lowest BCUT2D eigenvalue weighted by Crippen LogP contribution is -2.69. The van der Waals surface area contributed by atoms with Crippen molar-refractivity contribution in [1.29, 1.82) is 0 Å². The second-order valence-electron chi connectivity index (χ2n) is 10.8. The number of carbonyl (C=O) groups is 2. The van der Waals surface area contributed by atoms with Crippen molar-refractivity contribution in [3.8, 4) is 0 Å². The number of aliphatic carboxylic acids is 2. The van der Waals surface area contributed by atoms with E-state index in [0.717, 1.165) is 11.1 Å². The van der Waals surface area contributed by atoms with Gasteiger partial charge in [-0.05, 0) is 43.4 Å². The van der Waals surface area contributed by atoms with Gasteiger partial charge >= 0.3 is 11.9 Å². The molecule has 3 aromatic rings. The Balaban J connectivity index is 1.62. The van der Waals surface area contributed by atoms with E-state index in [1.54, 1.807) is 39.4 Å². The van der Waals surface area contributed by atoms with Crippen LogP contribution < -0.4 is 5.32 Å². The number of hydrogen-bond donors (Lipinski definition) is 3. The molecule has 3 N–H and O–H groups in total. The van der Waals surface area contributed by atoms with Gasteiger partial charge in [-0.25, -0.2) is 4.98 Å². The number of nitrogens with zero attached hydrogens (tertiary/aromatic N) is 3. The Labute approximate surface area is 238 Å². The van der Waals surface area contributed by atoms with Gasteiger partial charge in [-0.1, -0.05) is 43.3 Å². The summed E-state index contributed by atoms with van der Waals surface area (Å²) in [5.41, 5.74) is -1.05. The number of ether oxygens (including phenoxy) is 1. The van der Waals surface area contributed by atoms with Crippen LogP contribution in [0.3, 0.4) is 0 Å². The molecule has 0 saturated carbocycles. The lowest BCUT2D eigenvalue weighted by atomic mass is 9.50. The first-order valence-electron chi connectivity index (χ1n) is 13.6. The fourth-order valence-electron chi connectivity index (χ4n) is 6.55. The second-order valence-corrected chi connectivity index (χ2v) is 10.8. The van der Waals surface area contributed by atoms with Crippen molar-refractivity contribution in [3.05, 3.63) is 94.1 Å². The van der Waals surface area contributed by atoms with Crippen molar-refractivity contribution < 1.29 is 29.5 Å². The lowest BCUT2D eigenvalue weighted by molar-refractivity contribution is -0.385. The zero-order valence-corrected chi connectivity index (χ0v) is 23.4. The first-order chi connectivity index (χ1) is 19.6. The Morgan fingerprint density at radius 1 is 1.07 bits per heavy atom. The van der Waals surface area contributed by atoms with E-state index in [9.17, 15) is 29.9 Å². The number of piperidine rings is 1. The van der Waals surface area contributed by atoms with Crippen LogP contribution in [0, 0.1) is 20.9 Å². The predicted molar refractivity (Wildman–Crippen MR) is 150 cm³/mol. The highest BCUT2D eigenvalue weighted by Crippen LogP contribution is 2.58. The standard InChI is InChI=1S/C30H36N4O7/c1-4-29(27(35)36)20(2)32-21(3)30(28(37)38,26(29)24-6-5-7-25(16-24)34(39)40)12-15-41-18-23-10-8-22(9-11-23)17-33-14-13-31-19-33/h5-11,13-14,16,19-21,26,32H,4,12,15,17-18H2,1-3H3,(H,35,36)(H,37,38). The Kier molecular flexibility index (Phi) is 8.89. The van der Waals surface area contributed by atoms with Gasteiger partial charge in [0.2, 0.25) is 0 Å². The van der Waals surface area contributed by atoms with Crippen LogP contribution in [0.4, 0.5) is 5.69 Å². The SMILES string of the molecule is CCC1(C(=O)O)C(C)NC(C)C(CCOCc2ccc(Cn3ccnc3)cc2)(C(=O)O)C1c1cccc([N+](=O)[O-])c1. The highest BCUT2D eigenvalue weighted by molar-refractivity contribution is 5.84. The van der Waals surface area contributed by atoms with E-state index in [0.29, 0.717) is 12.1 Å². The fraction of sp³-hybridized carbons (Fsp3) is 0.433. The molecule has 0 radical (unpaired) electrons. The fourth-order valence-corrected chi connectivity index (χ4v) is 6.55. The molecule has 218 valence electrons. The molecule has 4 rings (SSSR count). The summed E-state index contributed by atoms with van der Waals surface area (Å²) in [6.07, 6.45) is 5.48. The van der Waals surface area contributed by atoms with Crippen molar-refractivity contribution in [2.75, 3.05) is 6.61 Å². The molecule has 0 aliphatic carbocycles. The first kappa shape index (κ1) is 29.9. The normalized spacial score (nSPS) is 26.0. The zero-order chi connectivity index (χ0) is 29.8. The molecular formula is C30H36N4O7. The summed E-state index contributed by atoms with van der Waals surface area (Å²) in [6.45, 7) is 6.17. The van der Waals surface area contributed by atoms with Crippen molar-refractivity contribution in [1.82, 2.24) is 14.9 Å².